The number of hydrazine groups is 1. The molecule has 1 atom stereocenters. The first-order valence-electron chi connectivity index (χ1n) is 8.68. The van der Waals surface area contributed by atoms with Crippen LogP contribution in [0, 0.1) is 12.8 Å². The third-order valence-electron chi connectivity index (χ3n) is 3.90. The largest absolute Gasteiger partial charge is 0.361 e. The summed E-state index contributed by atoms with van der Waals surface area (Å²) in [5.74, 6) is -1.02. The van der Waals surface area contributed by atoms with Crippen molar-refractivity contribution in [3.05, 3.63) is 29.8 Å². The average molecular weight is 365 g/mol. The van der Waals surface area contributed by atoms with Gasteiger partial charge in [0, 0.05) is 12.2 Å². The highest BCUT2D eigenvalue weighted by Crippen LogP contribution is 2.11. The van der Waals surface area contributed by atoms with Crippen LogP contribution in [0.15, 0.2) is 24.3 Å². The molecule has 0 heterocycles. The number of hydrogen-bond acceptors (Lipinski definition) is 3. The zero-order chi connectivity index (χ0) is 18.7. The Morgan fingerprint density at radius 1 is 1.08 bits per heavy atom. The molecule has 0 aliphatic carbocycles. The Bertz CT molecular complexity index is 575. The monoisotopic (exact) mass is 364 g/mol. The summed E-state index contributed by atoms with van der Waals surface area (Å²) in [5, 5.41) is 5.88. The molecule has 4 N–H and O–H groups in total. The molecule has 138 valence electrons. The van der Waals surface area contributed by atoms with Crippen LogP contribution in [0.2, 0.25) is 0 Å². The SMILES string of the molecule is CCCC[C@H](CC)CNC(=S)NNC(=O)C(=O)Nc1ccc(C)cc1. The fourth-order valence-electron chi connectivity index (χ4n) is 2.22. The summed E-state index contributed by atoms with van der Waals surface area (Å²) in [7, 11) is 0. The number of aryl methyl sites for hydroxylation is 1. The van der Waals surface area contributed by atoms with E-state index in [-0.39, 0.29) is 0 Å². The first-order chi connectivity index (χ1) is 12.0. The topological polar surface area (TPSA) is 82.3 Å². The summed E-state index contributed by atoms with van der Waals surface area (Å²) >= 11 is 5.11. The first-order valence-corrected chi connectivity index (χ1v) is 9.08. The Balaban J connectivity index is 2.30. The summed E-state index contributed by atoms with van der Waals surface area (Å²) < 4.78 is 0. The normalized spacial score (nSPS) is 11.3. The molecule has 0 unspecified atom stereocenters. The highest BCUT2D eigenvalue weighted by atomic mass is 32.1. The molecular weight excluding hydrogens is 336 g/mol. The average Bonchev–Trinajstić information content (AvgIpc) is 2.61. The lowest BCUT2D eigenvalue weighted by Gasteiger charge is -2.17. The summed E-state index contributed by atoms with van der Waals surface area (Å²) in [6, 6.07) is 7.18. The van der Waals surface area contributed by atoms with E-state index < -0.39 is 11.8 Å². The van der Waals surface area contributed by atoms with Crippen molar-refractivity contribution in [3.8, 4) is 0 Å². The highest BCUT2D eigenvalue weighted by molar-refractivity contribution is 7.80. The quantitative estimate of drug-likeness (QED) is 0.340. The Morgan fingerprint density at radius 3 is 2.36 bits per heavy atom. The van der Waals surface area contributed by atoms with Gasteiger partial charge in [-0.15, -0.1) is 0 Å². The third kappa shape index (κ3) is 8.49. The molecule has 0 radical (unpaired) electrons. The van der Waals surface area contributed by atoms with Crippen molar-refractivity contribution in [2.45, 2.75) is 46.5 Å². The number of unbranched alkanes of at least 4 members (excludes halogenated alkanes) is 1. The van der Waals surface area contributed by atoms with Crippen LogP contribution in [-0.2, 0) is 9.59 Å². The molecule has 0 spiro atoms. The lowest BCUT2D eigenvalue weighted by atomic mass is 9.99. The molecule has 0 bridgehead atoms. The van der Waals surface area contributed by atoms with Gasteiger partial charge in [0.25, 0.3) is 0 Å². The Hall–Kier alpha value is -2.15. The van der Waals surface area contributed by atoms with Crippen molar-refractivity contribution in [2.24, 2.45) is 5.92 Å². The third-order valence-corrected chi connectivity index (χ3v) is 4.15. The van der Waals surface area contributed by atoms with Gasteiger partial charge in [-0.2, -0.15) is 0 Å². The number of carbonyl (C=O) groups is 2. The molecule has 7 heteroatoms. The molecule has 0 aromatic heterocycles. The number of amides is 2. The molecule has 0 fully saturated rings. The van der Waals surface area contributed by atoms with Crippen LogP contribution < -0.4 is 21.5 Å². The van der Waals surface area contributed by atoms with Crippen molar-refractivity contribution >= 4 is 34.8 Å². The van der Waals surface area contributed by atoms with E-state index in [1.54, 1.807) is 12.1 Å². The summed E-state index contributed by atoms with van der Waals surface area (Å²) in [4.78, 5) is 23.6. The predicted octanol–water partition coefficient (Wildman–Crippen LogP) is 2.65. The summed E-state index contributed by atoms with van der Waals surface area (Å²) in [6.07, 6.45) is 4.58. The summed E-state index contributed by atoms with van der Waals surface area (Å²) in [6.45, 7) is 7.01. The Labute approximate surface area is 155 Å². The molecule has 1 aromatic rings. The smallest absolute Gasteiger partial charge is 0.328 e. The van der Waals surface area contributed by atoms with Gasteiger partial charge in [-0.25, -0.2) is 0 Å². The van der Waals surface area contributed by atoms with Gasteiger partial charge >= 0.3 is 11.8 Å². The van der Waals surface area contributed by atoms with E-state index in [4.69, 9.17) is 12.2 Å². The number of thiocarbonyl (C=S) groups is 1. The lowest BCUT2D eigenvalue weighted by molar-refractivity contribution is -0.136. The van der Waals surface area contributed by atoms with Gasteiger partial charge in [-0.3, -0.25) is 20.4 Å². The molecule has 6 nitrogen and oxygen atoms in total. The number of nitrogens with one attached hydrogen (secondary N) is 4. The molecule has 1 rings (SSSR count). The molecule has 1 aromatic carbocycles. The van der Waals surface area contributed by atoms with E-state index in [0.717, 1.165) is 24.9 Å². The zero-order valence-electron chi connectivity index (χ0n) is 15.1. The maximum atomic E-state index is 11.8. The maximum absolute atomic E-state index is 11.8. The highest BCUT2D eigenvalue weighted by Gasteiger charge is 2.14. The minimum absolute atomic E-state index is 0.298. The fraction of sp³-hybridized carbons (Fsp3) is 0.500. The van der Waals surface area contributed by atoms with E-state index in [0.29, 0.717) is 16.7 Å². The van der Waals surface area contributed by atoms with Crippen molar-refractivity contribution in [1.82, 2.24) is 16.2 Å². The van der Waals surface area contributed by atoms with E-state index >= 15 is 0 Å². The van der Waals surface area contributed by atoms with Gasteiger partial charge in [-0.05, 0) is 43.6 Å². The second-order valence-electron chi connectivity index (χ2n) is 6.03. The minimum atomic E-state index is -0.803. The van der Waals surface area contributed by atoms with Crippen molar-refractivity contribution < 1.29 is 9.59 Å². The lowest BCUT2D eigenvalue weighted by Crippen LogP contribution is -2.50. The molecule has 2 amide bonds. The predicted molar refractivity (Wildman–Crippen MR) is 105 cm³/mol. The van der Waals surface area contributed by atoms with E-state index in [1.807, 2.05) is 19.1 Å². The van der Waals surface area contributed by atoms with E-state index in [9.17, 15) is 9.59 Å². The number of anilines is 1. The van der Waals surface area contributed by atoms with Gasteiger partial charge in [0.2, 0.25) is 0 Å². The van der Waals surface area contributed by atoms with Crippen LogP contribution in [0.1, 0.15) is 45.1 Å². The molecule has 0 saturated carbocycles. The Morgan fingerprint density at radius 2 is 1.76 bits per heavy atom. The zero-order valence-corrected chi connectivity index (χ0v) is 16.0. The van der Waals surface area contributed by atoms with Gasteiger partial charge in [0.05, 0.1) is 0 Å². The molecule has 0 saturated heterocycles. The minimum Gasteiger partial charge on any atom is -0.361 e. The molecular formula is C18H28N4O2S. The Kier molecular flexibility index (Phi) is 9.54. The van der Waals surface area contributed by atoms with Crippen molar-refractivity contribution in [1.29, 1.82) is 0 Å². The number of hydrogen-bond donors (Lipinski definition) is 4. The standard InChI is InChI=1S/C18H28N4O2S/c1-4-6-7-14(5-2)12-19-18(25)22-21-17(24)16(23)20-15-10-8-13(3)9-11-15/h8-11,14H,4-7,12H2,1-3H3,(H,20,23)(H,21,24)(H2,19,22,25)/t14-/m0/s1. The number of carbonyl (C=O) groups excluding carboxylic acids is 2. The van der Waals surface area contributed by atoms with Crippen LogP contribution in [-0.4, -0.2) is 23.5 Å². The maximum Gasteiger partial charge on any atom is 0.328 e. The first kappa shape index (κ1) is 20.9. The molecule has 0 aliphatic rings. The molecule has 0 aliphatic heterocycles. The fourth-order valence-corrected chi connectivity index (χ4v) is 2.35. The van der Waals surface area contributed by atoms with Crippen molar-refractivity contribution in [3.63, 3.8) is 0 Å². The van der Waals surface area contributed by atoms with Gasteiger partial charge in [0.1, 0.15) is 0 Å². The molecule has 25 heavy (non-hydrogen) atoms. The van der Waals surface area contributed by atoms with Crippen LogP contribution in [0.25, 0.3) is 0 Å². The van der Waals surface area contributed by atoms with Crippen LogP contribution in [0.4, 0.5) is 5.69 Å². The second-order valence-corrected chi connectivity index (χ2v) is 6.43. The van der Waals surface area contributed by atoms with Crippen LogP contribution in [0.3, 0.4) is 0 Å². The van der Waals surface area contributed by atoms with Crippen LogP contribution in [0.5, 0.6) is 0 Å². The summed E-state index contributed by atoms with van der Waals surface area (Å²) in [5.41, 5.74) is 6.48. The van der Waals surface area contributed by atoms with E-state index in [2.05, 4.69) is 35.3 Å². The number of benzene rings is 1. The van der Waals surface area contributed by atoms with Crippen LogP contribution >= 0.6 is 12.2 Å². The number of rotatable bonds is 7. The second kappa shape index (κ2) is 11.4. The van der Waals surface area contributed by atoms with Gasteiger partial charge < -0.3 is 10.6 Å². The van der Waals surface area contributed by atoms with E-state index in [1.165, 1.54) is 12.8 Å². The van der Waals surface area contributed by atoms with Gasteiger partial charge in [-0.1, -0.05) is 50.8 Å². The van der Waals surface area contributed by atoms with Crippen molar-refractivity contribution in [2.75, 3.05) is 11.9 Å². The van der Waals surface area contributed by atoms with Gasteiger partial charge in [0.15, 0.2) is 5.11 Å².